The van der Waals surface area contributed by atoms with Crippen LogP contribution >= 0.6 is 11.6 Å². The van der Waals surface area contributed by atoms with E-state index in [1.807, 2.05) is 6.92 Å². The third-order valence-corrected chi connectivity index (χ3v) is 1.70. The summed E-state index contributed by atoms with van der Waals surface area (Å²) in [5.41, 5.74) is 2.56. The number of hydrogen-bond acceptors (Lipinski definition) is 3. The van der Waals surface area contributed by atoms with Gasteiger partial charge in [0.2, 0.25) is 0 Å². The summed E-state index contributed by atoms with van der Waals surface area (Å²) < 4.78 is 4.46. The molecule has 1 N–H and O–H groups in total. The lowest BCUT2D eigenvalue weighted by Gasteiger charge is -2.02. The second-order valence-electron chi connectivity index (χ2n) is 2.46. The molecule has 0 unspecified atom stereocenters. The molecular formula is C8H14ClNO2. The molecule has 0 saturated heterocycles. The van der Waals surface area contributed by atoms with E-state index in [1.165, 1.54) is 12.6 Å². The third-order valence-electron chi connectivity index (χ3n) is 1.32. The van der Waals surface area contributed by atoms with Gasteiger partial charge in [-0.1, -0.05) is 11.6 Å². The molecule has 0 bridgehead atoms. The fourth-order valence-corrected chi connectivity index (χ4v) is 0.694. The van der Waals surface area contributed by atoms with E-state index in [0.29, 0.717) is 19.5 Å². The molecule has 0 spiro atoms. The number of hydrogen-bond donors (Lipinski definition) is 1. The van der Waals surface area contributed by atoms with Crippen LogP contribution in [0.5, 0.6) is 0 Å². The van der Waals surface area contributed by atoms with Crippen molar-refractivity contribution in [1.29, 1.82) is 0 Å². The first-order valence-corrected chi connectivity index (χ1v) is 4.17. The number of carbonyl (C=O) groups excluding carboxylic acids is 1. The Labute approximate surface area is 77.7 Å². The maximum atomic E-state index is 10.6. The highest BCUT2D eigenvalue weighted by molar-refractivity contribution is 6.25. The standard InChI is InChI=1S/C8H14ClNO2/c1-7(5-9)6-10-4-3-8(11)12-2/h5,10H,3-4,6H2,1-2H3. The third kappa shape index (κ3) is 6.19. The van der Waals surface area contributed by atoms with E-state index in [-0.39, 0.29) is 5.97 Å². The quantitative estimate of drug-likeness (QED) is 0.526. The highest BCUT2D eigenvalue weighted by atomic mass is 35.5. The van der Waals surface area contributed by atoms with E-state index in [9.17, 15) is 4.79 Å². The zero-order valence-corrected chi connectivity index (χ0v) is 8.15. The molecule has 0 amide bonds. The Kier molecular flexibility index (Phi) is 6.81. The van der Waals surface area contributed by atoms with Gasteiger partial charge >= 0.3 is 5.97 Å². The summed E-state index contributed by atoms with van der Waals surface area (Å²) in [7, 11) is 1.38. The van der Waals surface area contributed by atoms with Gasteiger partial charge in [0.25, 0.3) is 0 Å². The van der Waals surface area contributed by atoms with Crippen molar-refractivity contribution >= 4 is 17.6 Å². The highest BCUT2D eigenvalue weighted by Gasteiger charge is 1.97. The van der Waals surface area contributed by atoms with Gasteiger partial charge in [0.15, 0.2) is 0 Å². The van der Waals surface area contributed by atoms with Crippen LogP contribution in [0.4, 0.5) is 0 Å². The van der Waals surface area contributed by atoms with Crippen molar-refractivity contribution in [2.24, 2.45) is 0 Å². The van der Waals surface area contributed by atoms with Crippen molar-refractivity contribution < 1.29 is 9.53 Å². The Hall–Kier alpha value is -0.540. The Morgan fingerprint density at radius 1 is 1.67 bits per heavy atom. The largest absolute Gasteiger partial charge is 0.469 e. The van der Waals surface area contributed by atoms with Gasteiger partial charge in [0.05, 0.1) is 13.5 Å². The molecule has 4 heteroatoms. The van der Waals surface area contributed by atoms with Crippen LogP contribution < -0.4 is 5.32 Å². The smallest absolute Gasteiger partial charge is 0.306 e. The molecule has 0 aliphatic heterocycles. The first kappa shape index (κ1) is 11.5. The lowest BCUT2D eigenvalue weighted by Crippen LogP contribution is -2.20. The van der Waals surface area contributed by atoms with Crippen molar-refractivity contribution in [2.75, 3.05) is 20.2 Å². The molecule has 0 aromatic heterocycles. The Bertz CT molecular complexity index is 168. The van der Waals surface area contributed by atoms with Crippen LogP contribution in [0.1, 0.15) is 13.3 Å². The first-order valence-electron chi connectivity index (χ1n) is 3.74. The number of rotatable bonds is 5. The van der Waals surface area contributed by atoms with Gasteiger partial charge in [0.1, 0.15) is 0 Å². The van der Waals surface area contributed by atoms with Gasteiger partial charge in [-0.05, 0) is 12.5 Å². The lowest BCUT2D eigenvalue weighted by atomic mass is 10.3. The SMILES string of the molecule is COC(=O)CCNCC(C)=CCl. The summed E-state index contributed by atoms with van der Waals surface area (Å²) in [6, 6.07) is 0. The van der Waals surface area contributed by atoms with E-state index in [4.69, 9.17) is 11.6 Å². The van der Waals surface area contributed by atoms with Crippen LogP contribution in [0, 0.1) is 0 Å². The monoisotopic (exact) mass is 191 g/mol. The number of ether oxygens (including phenoxy) is 1. The summed E-state index contributed by atoms with van der Waals surface area (Å²) in [6.45, 7) is 3.24. The van der Waals surface area contributed by atoms with Crippen molar-refractivity contribution in [1.82, 2.24) is 5.32 Å². The molecule has 3 nitrogen and oxygen atoms in total. The Morgan fingerprint density at radius 3 is 2.83 bits per heavy atom. The van der Waals surface area contributed by atoms with E-state index < -0.39 is 0 Å². The predicted molar refractivity (Wildman–Crippen MR) is 49.1 cm³/mol. The second-order valence-corrected chi connectivity index (χ2v) is 2.68. The number of esters is 1. The molecule has 0 saturated carbocycles. The normalized spacial score (nSPS) is 11.4. The van der Waals surface area contributed by atoms with Crippen molar-refractivity contribution in [3.05, 3.63) is 11.1 Å². The first-order chi connectivity index (χ1) is 5.70. The van der Waals surface area contributed by atoms with Crippen molar-refractivity contribution in [2.45, 2.75) is 13.3 Å². The maximum absolute atomic E-state index is 10.6. The minimum absolute atomic E-state index is 0.199. The molecule has 0 atom stereocenters. The number of nitrogens with one attached hydrogen (secondary N) is 1. The molecule has 0 radical (unpaired) electrons. The van der Waals surface area contributed by atoms with Crippen LogP contribution in [0.2, 0.25) is 0 Å². The van der Waals surface area contributed by atoms with Gasteiger partial charge in [-0.2, -0.15) is 0 Å². The van der Waals surface area contributed by atoms with Crippen molar-refractivity contribution in [3.63, 3.8) is 0 Å². The summed E-state index contributed by atoms with van der Waals surface area (Å²) in [5.74, 6) is -0.199. The Balaban J connectivity index is 3.27. The molecular weight excluding hydrogens is 178 g/mol. The molecule has 0 aromatic carbocycles. The number of methoxy groups -OCH3 is 1. The van der Waals surface area contributed by atoms with Crippen molar-refractivity contribution in [3.8, 4) is 0 Å². The molecule has 12 heavy (non-hydrogen) atoms. The highest BCUT2D eigenvalue weighted by Crippen LogP contribution is 1.92. The summed E-state index contributed by atoms with van der Waals surface area (Å²) >= 11 is 5.43. The molecule has 0 fully saturated rings. The van der Waals surface area contributed by atoms with Gasteiger partial charge in [-0.15, -0.1) is 0 Å². The fourth-order valence-electron chi connectivity index (χ4n) is 0.617. The molecule has 70 valence electrons. The molecule has 0 rings (SSSR count). The lowest BCUT2D eigenvalue weighted by molar-refractivity contribution is -0.140. The maximum Gasteiger partial charge on any atom is 0.306 e. The van der Waals surface area contributed by atoms with Crippen LogP contribution in [0.3, 0.4) is 0 Å². The number of carbonyl (C=O) groups is 1. The second kappa shape index (κ2) is 7.13. The average molecular weight is 192 g/mol. The van der Waals surface area contributed by atoms with Crippen LogP contribution in [0.15, 0.2) is 11.1 Å². The van der Waals surface area contributed by atoms with E-state index in [0.717, 1.165) is 5.57 Å². The molecule has 0 aliphatic carbocycles. The Morgan fingerprint density at radius 2 is 2.33 bits per heavy atom. The molecule has 0 aliphatic rings. The van der Waals surface area contributed by atoms with E-state index in [1.54, 1.807) is 0 Å². The minimum atomic E-state index is -0.199. The summed E-state index contributed by atoms with van der Waals surface area (Å²) in [5, 5.41) is 3.05. The summed E-state index contributed by atoms with van der Waals surface area (Å²) in [6.07, 6.45) is 0.395. The van der Waals surface area contributed by atoms with Gasteiger partial charge in [-0.25, -0.2) is 0 Å². The molecule has 0 aromatic rings. The van der Waals surface area contributed by atoms with E-state index in [2.05, 4.69) is 10.1 Å². The van der Waals surface area contributed by atoms with Gasteiger partial charge < -0.3 is 10.1 Å². The topological polar surface area (TPSA) is 38.3 Å². The molecule has 0 heterocycles. The summed E-state index contributed by atoms with van der Waals surface area (Å²) in [4.78, 5) is 10.6. The van der Waals surface area contributed by atoms with E-state index >= 15 is 0 Å². The van der Waals surface area contributed by atoms with Gasteiger partial charge in [-0.3, -0.25) is 4.79 Å². The zero-order chi connectivity index (χ0) is 9.40. The van der Waals surface area contributed by atoms with Gasteiger partial charge in [0, 0.05) is 18.6 Å². The number of halogens is 1. The zero-order valence-electron chi connectivity index (χ0n) is 7.39. The predicted octanol–water partition coefficient (Wildman–Crippen LogP) is 1.28. The average Bonchev–Trinajstić information content (AvgIpc) is 2.11. The van der Waals surface area contributed by atoms with Crippen LogP contribution in [0.25, 0.3) is 0 Å². The fraction of sp³-hybridized carbons (Fsp3) is 0.625. The van der Waals surface area contributed by atoms with Crippen LogP contribution in [-0.4, -0.2) is 26.2 Å². The van der Waals surface area contributed by atoms with Crippen LogP contribution in [-0.2, 0) is 9.53 Å². The minimum Gasteiger partial charge on any atom is -0.469 e.